The van der Waals surface area contributed by atoms with Crippen LogP contribution in [0.3, 0.4) is 0 Å². The monoisotopic (exact) mass is 468 g/mol. The van der Waals surface area contributed by atoms with Crippen molar-refractivity contribution in [2.24, 2.45) is 0 Å². The maximum absolute atomic E-state index is 6.63. The first kappa shape index (κ1) is 25.3. The average Bonchev–Trinajstić information content (AvgIpc) is 2.90. The molecule has 6 atom stereocenters. The van der Waals surface area contributed by atoms with Gasteiger partial charge in [0.1, 0.15) is 30.5 Å². The second-order valence-electron chi connectivity index (χ2n) is 9.27. The van der Waals surface area contributed by atoms with Gasteiger partial charge in [-0.1, -0.05) is 100 Å². The summed E-state index contributed by atoms with van der Waals surface area (Å²) in [6, 6.07) is 20.5. The predicted molar refractivity (Wildman–Crippen MR) is 133 cm³/mol. The number of hydrogen-bond donors (Lipinski definition) is 0. The van der Waals surface area contributed by atoms with Crippen molar-refractivity contribution in [3.05, 3.63) is 71.8 Å². The molecule has 0 aromatic heterocycles. The van der Waals surface area contributed by atoms with E-state index in [1.165, 1.54) is 0 Å². The van der Waals surface area contributed by atoms with Crippen LogP contribution in [-0.2, 0) is 23.7 Å². The summed E-state index contributed by atoms with van der Waals surface area (Å²) in [4.78, 5) is 0. The molecule has 2 aromatic carbocycles. The quantitative estimate of drug-likeness (QED) is 0.338. The summed E-state index contributed by atoms with van der Waals surface area (Å²) in [5.74, 6) is 0. The second-order valence-corrected chi connectivity index (χ2v) is 9.27. The Bertz CT molecular complexity index is 814. The van der Waals surface area contributed by atoms with E-state index in [-0.39, 0.29) is 30.5 Å². The van der Waals surface area contributed by atoms with Gasteiger partial charge in [-0.05, 0) is 18.4 Å². The first-order valence-electron chi connectivity index (χ1n) is 13.1. The topological polar surface area (TPSA) is 46.2 Å². The van der Waals surface area contributed by atoms with Crippen molar-refractivity contribution in [1.29, 1.82) is 0 Å². The van der Waals surface area contributed by atoms with E-state index in [9.17, 15) is 0 Å². The molecule has 4 rings (SSSR count). The summed E-state index contributed by atoms with van der Waals surface area (Å²) in [5.41, 5.74) is 2.12. The Morgan fingerprint density at radius 3 is 1.91 bits per heavy atom. The van der Waals surface area contributed by atoms with Gasteiger partial charge in [0.15, 0.2) is 6.29 Å². The van der Waals surface area contributed by atoms with Crippen molar-refractivity contribution in [1.82, 2.24) is 0 Å². The fourth-order valence-corrected chi connectivity index (χ4v) is 4.79. The van der Waals surface area contributed by atoms with Gasteiger partial charge in [0.05, 0.1) is 6.61 Å². The molecule has 5 heteroatoms. The summed E-state index contributed by atoms with van der Waals surface area (Å²) in [7, 11) is 0. The van der Waals surface area contributed by atoms with Crippen LogP contribution in [0.4, 0.5) is 0 Å². The third kappa shape index (κ3) is 6.46. The maximum Gasteiger partial charge on any atom is 0.184 e. The number of benzene rings is 2. The molecule has 0 spiro atoms. The zero-order valence-electron chi connectivity index (χ0n) is 20.6. The SMILES string of the molecule is CCCCCO[C@@H]1[C@@H](OCCCCC)[C@@H](c2ccccc2)O[C@@H]2CO[C@@H](c3ccccc3)O[C@@H]12. The van der Waals surface area contributed by atoms with Crippen LogP contribution in [-0.4, -0.2) is 44.2 Å². The van der Waals surface area contributed by atoms with Crippen LogP contribution < -0.4 is 0 Å². The van der Waals surface area contributed by atoms with E-state index in [2.05, 4.69) is 38.1 Å². The van der Waals surface area contributed by atoms with Gasteiger partial charge in [-0.25, -0.2) is 0 Å². The minimum absolute atomic E-state index is 0.211. The lowest BCUT2D eigenvalue weighted by Crippen LogP contribution is -2.60. The molecule has 0 unspecified atom stereocenters. The molecule has 0 amide bonds. The summed E-state index contributed by atoms with van der Waals surface area (Å²) in [6.45, 7) is 6.27. The van der Waals surface area contributed by atoms with Crippen LogP contribution in [0.15, 0.2) is 60.7 Å². The Morgan fingerprint density at radius 1 is 0.706 bits per heavy atom. The van der Waals surface area contributed by atoms with Gasteiger partial charge in [-0.3, -0.25) is 0 Å². The van der Waals surface area contributed by atoms with E-state index in [1.807, 2.05) is 36.4 Å². The Kier molecular flexibility index (Phi) is 9.96. The van der Waals surface area contributed by atoms with Gasteiger partial charge in [-0.2, -0.15) is 0 Å². The average molecular weight is 469 g/mol. The van der Waals surface area contributed by atoms with Gasteiger partial charge in [-0.15, -0.1) is 0 Å². The van der Waals surface area contributed by atoms with Gasteiger partial charge < -0.3 is 23.7 Å². The molecule has 2 aromatic rings. The molecule has 2 aliphatic rings. The van der Waals surface area contributed by atoms with Gasteiger partial charge in [0.25, 0.3) is 0 Å². The largest absolute Gasteiger partial charge is 0.373 e. The molecule has 2 saturated heterocycles. The first-order chi connectivity index (χ1) is 16.8. The molecular formula is C29H40O5. The predicted octanol–water partition coefficient (Wildman–Crippen LogP) is 6.39. The van der Waals surface area contributed by atoms with E-state index in [0.29, 0.717) is 19.8 Å². The molecule has 186 valence electrons. The van der Waals surface area contributed by atoms with E-state index in [4.69, 9.17) is 23.7 Å². The minimum atomic E-state index is -0.429. The highest BCUT2D eigenvalue weighted by Gasteiger charge is 2.51. The third-order valence-electron chi connectivity index (χ3n) is 6.64. The van der Waals surface area contributed by atoms with Crippen LogP contribution in [0.25, 0.3) is 0 Å². The van der Waals surface area contributed by atoms with E-state index in [0.717, 1.165) is 49.7 Å². The number of fused-ring (bicyclic) bond motifs is 1. The molecule has 2 aliphatic heterocycles. The number of hydrogen-bond acceptors (Lipinski definition) is 5. The molecule has 5 nitrogen and oxygen atoms in total. The van der Waals surface area contributed by atoms with Crippen molar-refractivity contribution in [2.45, 2.75) is 89.2 Å². The van der Waals surface area contributed by atoms with Crippen LogP contribution in [0, 0.1) is 0 Å². The fraction of sp³-hybridized carbons (Fsp3) is 0.586. The Hall–Kier alpha value is -1.76. The standard InChI is InChI=1S/C29H40O5/c1-3-5-13-19-30-27-25(22-15-9-7-10-16-22)33-24-21-32-29(23-17-11-8-12-18-23)34-26(24)28(27)31-20-14-6-4-2/h7-12,15-18,24-29H,3-6,13-14,19-21H2,1-2H3/t24-,25-,26-,27+,28+,29-/m1/s1. The van der Waals surface area contributed by atoms with Crippen molar-refractivity contribution in [2.75, 3.05) is 19.8 Å². The molecule has 34 heavy (non-hydrogen) atoms. The number of unbranched alkanes of at least 4 members (excludes halogenated alkanes) is 4. The van der Waals surface area contributed by atoms with Crippen molar-refractivity contribution in [3.8, 4) is 0 Å². The van der Waals surface area contributed by atoms with Crippen molar-refractivity contribution < 1.29 is 23.7 Å². The van der Waals surface area contributed by atoms with Crippen molar-refractivity contribution >= 4 is 0 Å². The second kappa shape index (κ2) is 13.4. The molecule has 0 aliphatic carbocycles. The van der Waals surface area contributed by atoms with E-state index >= 15 is 0 Å². The van der Waals surface area contributed by atoms with Crippen LogP contribution in [0.5, 0.6) is 0 Å². The molecule has 2 fully saturated rings. The molecule has 0 bridgehead atoms. The normalized spacial score (nSPS) is 29.0. The highest BCUT2D eigenvalue weighted by molar-refractivity contribution is 5.21. The molecule has 0 radical (unpaired) electrons. The van der Waals surface area contributed by atoms with Crippen LogP contribution in [0.1, 0.15) is 75.9 Å². The van der Waals surface area contributed by atoms with Gasteiger partial charge >= 0.3 is 0 Å². The fourth-order valence-electron chi connectivity index (χ4n) is 4.79. The zero-order chi connectivity index (χ0) is 23.6. The third-order valence-corrected chi connectivity index (χ3v) is 6.64. The first-order valence-corrected chi connectivity index (χ1v) is 13.1. The highest BCUT2D eigenvalue weighted by Crippen LogP contribution is 2.41. The summed E-state index contributed by atoms with van der Waals surface area (Å²) < 4.78 is 32.4. The minimum Gasteiger partial charge on any atom is -0.373 e. The van der Waals surface area contributed by atoms with Gasteiger partial charge in [0, 0.05) is 18.8 Å². The summed E-state index contributed by atoms with van der Waals surface area (Å²) in [5, 5.41) is 0. The zero-order valence-corrected chi connectivity index (χ0v) is 20.6. The Balaban J connectivity index is 1.58. The lowest BCUT2D eigenvalue weighted by Gasteiger charge is -2.49. The van der Waals surface area contributed by atoms with Crippen molar-refractivity contribution in [3.63, 3.8) is 0 Å². The Labute approximate surface area is 204 Å². The van der Waals surface area contributed by atoms with E-state index in [1.54, 1.807) is 0 Å². The number of ether oxygens (including phenoxy) is 5. The van der Waals surface area contributed by atoms with Crippen LogP contribution >= 0.6 is 0 Å². The molecule has 2 heterocycles. The summed E-state index contributed by atoms with van der Waals surface area (Å²) >= 11 is 0. The number of rotatable bonds is 12. The molecule has 0 N–H and O–H groups in total. The highest BCUT2D eigenvalue weighted by atomic mass is 16.7. The van der Waals surface area contributed by atoms with Crippen LogP contribution in [0.2, 0.25) is 0 Å². The lowest BCUT2D eigenvalue weighted by molar-refractivity contribution is -0.339. The maximum atomic E-state index is 6.63. The molecular weight excluding hydrogens is 428 g/mol. The van der Waals surface area contributed by atoms with Gasteiger partial charge in [0.2, 0.25) is 0 Å². The molecule has 0 saturated carbocycles. The lowest BCUT2D eigenvalue weighted by atomic mass is 9.90. The Morgan fingerprint density at radius 2 is 1.29 bits per heavy atom. The smallest absolute Gasteiger partial charge is 0.184 e. The summed E-state index contributed by atoms with van der Waals surface area (Å²) in [6.07, 6.45) is 5.10. The van der Waals surface area contributed by atoms with E-state index < -0.39 is 6.29 Å².